The standard InChI is InChI=1S/C32H20/c1-2-7-21-15-27-24(14-20(21)6-1)18-30-29-17-23-9-4-3-8-22(23)16-28(29)25-11-5-10-19-12-13-26(27)32(30)31(19)25/h1-2,4-7,9-18H,3,8H2. The van der Waals surface area contributed by atoms with Crippen molar-refractivity contribution in [3.05, 3.63) is 102 Å². The van der Waals surface area contributed by atoms with Crippen LogP contribution in [0.3, 0.4) is 0 Å². The van der Waals surface area contributed by atoms with Gasteiger partial charge in [-0.3, -0.25) is 0 Å². The Morgan fingerprint density at radius 1 is 0.469 bits per heavy atom. The van der Waals surface area contributed by atoms with Gasteiger partial charge in [0.1, 0.15) is 0 Å². The first kappa shape index (κ1) is 16.8. The van der Waals surface area contributed by atoms with Gasteiger partial charge in [-0.2, -0.15) is 0 Å². The average molecular weight is 405 g/mol. The Balaban J connectivity index is 1.70. The molecule has 0 bridgehead atoms. The first-order valence-corrected chi connectivity index (χ1v) is 11.5. The molecule has 0 atom stereocenters. The Hall–Kier alpha value is -3.90. The molecule has 1 aliphatic carbocycles. The molecule has 0 saturated carbocycles. The van der Waals surface area contributed by atoms with E-state index in [1.807, 2.05) is 0 Å². The second kappa shape index (κ2) is 5.87. The molecule has 0 aliphatic heterocycles. The molecule has 0 heterocycles. The van der Waals surface area contributed by atoms with Crippen molar-refractivity contribution in [2.75, 3.05) is 0 Å². The molecule has 0 saturated heterocycles. The monoisotopic (exact) mass is 404 g/mol. The SMILES string of the molecule is C1=Cc2cc3c(cc2CC1)c1cccc2ccc4c5cc6ccccc6cc5cc3c4c21. The topological polar surface area (TPSA) is 0 Å². The Morgan fingerprint density at radius 3 is 2.19 bits per heavy atom. The highest BCUT2D eigenvalue weighted by molar-refractivity contribution is 6.37. The van der Waals surface area contributed by atoms with E-state index in [1.54, 1.807) is 0 Å². The van der Waals surface area contributed by atoms with E-state index in [1.165, 1.54) is 75.8 Å². The summed E-state index contributed by atoms with van der Waals surface area (Å²) in [5.41, 5.74) is 2.86. The Bertz CT molecular complexity index is 1920. The highest BCUT2D eigenvalue weighted by Gasteiger charge is 2.17. The van der Waals surface area contributed by atoms with Crippen molar-refractivity contribution in [3.63, 3.8) is 0 Å². The third-order valence-electron chi connectivity index (χ3n) is 7.56. The van der Waals surface area contributed by atoms with Crippen molar-refractivity contribution in [1.29, 1.82) is 0 Å². The van der Waals surface area contributed by atoms with E-state index < -0.39 is 0 Å². The lowest BCUT2D eigenvalue weighted by Crippen LogP contribution is -1.96. The minimum absolute atomic E-state index is 1.13. The van der Waals surface area contributed by atoms with Crippen molar-refractivity contribution >= 4 is 70.7 Å². The average Bonchev–Trinajstić information content (AvgIpc) is 2.85. The number of fused-ring (bicyclic) bond motifs is 7. The molecular weight excluding hydrogens is 384 g/mol. The van der Waals surface area contributed by atoms with Gasteiger partial charge in [0.2, 0.25) is 0 Å². The van der Waals surface area contributed by atoms with Gasteiger partial charge in [-0.1, -0.05) is 66.7 Å². The highest BCUT2D eigenvalue weighted by atomic mass is 14.2. The van der Waals surface area contributed by atoms with Crippen molar-refractivity contribution in [2.24, 2.45) is 0 Å². The van der Waals surface area contributed by atoms with Crippen LogP contribution in [0.1, 0.15) is 17.5 Å². The fourth-order valence-electron chi connectivity index (χ4n) is 6.09. The van der Waals surface area contributed by atoms with Crippen molar-refractivity contribution in [2.45, 2.75) is 12.8 Å². The van der Waals surface area contributed by atoms with Crippen molar-refractivity contribution < 1.29 is 0 Å². The molecule has 0 spiro atoms. The number of benzene rings is 7. The summed E-state index contributed by atoms with van der Waals surface area (Å²) in [6.45, 7) is 0. The predicted octanol–water partition coefficient (Wildman–Crippen LogP) is 9.00. The molecule has 0 heteroatoms. The van der Waals surface area contributed by atoms with Crippen LogP contribution in [0.25, 0.3) is 70.7 Å². The summed E-state index contributed by atoms with van der Waals surface area (Å²) in [4.78, 5) is 0. The number of allylic oxidation sites excluding steroid dienone is 1. The van der Waals surface area contributed by atoms with Crippen molar-refractivity contribution in [3.8, 4) is 0 Å². The van der Waals surface area contributed by atoms with Crippen LogP contribution in [0.4, 0.5) is 0 Å². The van der Waals surface area contributed by atoms with E-state index in [0.29, 0.717) is 0 Å². The first-order valence-electron chi connectivity index (χ1n) is 11.5. The van der Waals surface area contributed by atoms with Gasteiger partial charge in [0, 0.05) is 0 Å². The third kappa shape index (κ3) is 2.07. The molecule has 0 amide bonds. The Kier molecular flexibility index (Phi) is 3.07. The molecule has 0 nitrogen and oxygen atoms in total. The van der Waals surface area contributed by atoms with Gasteiger partial charge in [0.05, 0.1) is 0 Å². The maximum absolute atomic E-state index is 2.47. The maximum atomic E-state index is 2.47. The van der Waals surface area contributed by atoms with Gasteiger partial charge >= 0.3 is 0 Å². The molecule has 0 N–H and O–H groups in total. The smallest absolute Gasteiger partial charge is 0.00139 e. The van der Waals surface area contributed by atoms with E-state index in [4.69, 9.17) is 0 Å². The van der Waals surface area contributed by atoms with E-state index in [0.717, 1.165) is 12.8 Å². The Labute approximate surface area is 185 Å². The molecular formula is C32H20. The molecule has 0 radical (unpaired) electrons. The summed E-state index contributed by atoms with van der Waals surface area (Å²) in [5, 5.41) is 16.3. The summed E-state index contributed by atoms with van der Waals surface area (Å²) in [6, 6.07) is 32.2. The van der Waals surface area contributed by atoms with E-state index >= 15 is 0 Å². The van der Waals surface area contributed by atoms with Crippen LogP contribution >= 0.6 is 0 Å². The van der Waals surface area contributed by atoms with Gasteiger partial charge in [-0.25, -0.2) is 0 Å². The number of hydrogen-bond acceptors (Lipinski definition) is 0. The first-order chi connectivity index (χ1) is 15.8. The zero-order chi connectivity index (χ0) is 20.8. The summed E-state index contributed by atoms with van der Waals surface area (Å²) in [6.07, 6.45) is 6.90. The fraction of sp³-hybridized carbons (Fsp3) is 0.0625. The fourth-order valence-corrected chi connectivity index (χ4v) is 6.09. The summed E-state index contributed by atoms with van der Waals surface area (Å²) in [7, 11) is 0. The maximum Gasteiger partial charge on any atom is -0.00139 e. The second-order valence-corrected chi connectivity index (χ2v) is 9.27. The minimum atomic E-state index is 1.13. The molecule has 8 rings (SSSR count). The van der Waals surface area contributed by atoms with Crippen LogP contribution in [0, 0.1) is 0 Å². The van der Waals surface area contributed by atoms with Gasteiger partial charge < -0.3 is 0 Å². The zero-order valence-corrected chi connectivity index (χ0v) is 17.7. The number of aryl methyl sites for hydroxylation is 1. The molecule has 148 valence electrons. The summed E-state index contributed by atoms with van der Waals surface area (Å²) >= 11 is 0. The zero-order valence-electron chi connectivity index (χ0n) is 17.7. The quantitative estimate of drug-likeness (QED) is 0.175. The second-order valence-electron chi connectivity index (χ2n) is 9.27. The largest absolute Gasteiger partial charge is 0.0836 e. The summed E-state index contributed by atoms with van der Waals surface area (Å²) < 4.78 is 0. The lowest BCUT2D eigenvalue weighted by Gasteiger charge is -2.19. The number of hydrogen-bond donors (Lipinski definition) is 0. The molecule has 7 aromatic rings. The molecule has 7 aromatic carbocycles. The van der Waals surface area contributed by atoms with Crippen LogP contribution in [-0.4, -0.2) is 0 Å². The summed E-state index contributed by atoms with van der Waals surface area (Å²) in [5.74, 6) is 0. The normalized spacial score (nSPS) is 13.9. The van der Waals surface area contributed by atoms with Crippen LogP contribution in [0.5, 0.6) is 0 Å². The third-order valence-corrected chi connectivity index (χ3v) is 7.56. The number of rotatable bonds is 0. The van der Waals surface area contributed by atoms with E-state index in [-0.39, 0.29) is 0 Å². The lowest BCUT2D eigenvalue weighted by atomic mass is 9.84. The lowest BCUT2D eigenvalue weighted by molar-refractivity contribution is 0.989. The molecule has 0 aromatic heterocycles. The van der Waals surface area contributed by atoms with Crippen LogP contribution in [-0.2, 0) is 6.42 Å². The van der Waals surface area contributed by atoms with Crippen molar-refractivity contribution in [1.82, 2.24) is 0 Å². The van der Waals surface area contributed by atoms with Crippen LogP contribution < -0.4 is 0 Å². The molecule has 0 fully saturated rings. The molecule has 1 aliphatic rings. The predicted molar refractivity (Wildman–Crippen MR) is 140 cm³/mol. The van der Waals surface area contributed by atoms with E-state index in [2.05, 4.69) is 97.1 Å². The van der Waals surface area contributed by atoms with E-state index in [9.17, 15) is 0 Å². The van der Waals surface area contributed by atoms with Gasteiger partial charge in [-0.05, 0) is 119 Å². The van der Waals surface area contributed by atoms with Gasteiger partial charge in [0.25, 0.3) is 0 Å². The van der Waals surface area contributed by atoms with Gasteiger partial charge in [0.15, 0.2) is 0 Å². The Morgan fingerprint density at radius 2 is 1.25 bits per heavy atom. The molecule has 32 heavy (non-hydrogen) atoms. The van der Waals surface area contributed by atoms with Gasteiger partial charge in [-0.15, -0.1) is 0 Å². The van der Waals surface area contributed by atoms with Crippen LogP contribution in [0.15, 0.2) is 91.0 Å². The highest BCUT2D eigenvalue weighted by Crippen LogP contribution is 2.45. The minimum Gasteiger partial charge on any atom is -0.0836 e. The van der Waals surface area contributed by atoms with Crippen LogP contribution in [0.2, 0.25) is 0 Å². The molecule has 0 unspecified atom stereocenters.